The highest BCUT2D eigenvalue weighted by Gasteiger charge is 2.49. The molecule has 3 aliphatic heterocycles. The number of hydrogen-bond acceptors (Lipinski definition) is 6. The van der Waals surface area contributed by atoms with Gasteiger partial charge in [-0.05, 0) is 156 Å². The topological polar surface area (TPSA) is 148 Å². The van der Waals surface area contributed by atoms with Gasteiger partial charge in [0.1, 0.15) is 0 Å². The quantitative estimate of drug-likeness (QED) is 0.199. The first-order valence-electron chi connectivity index (χ1n) is 16.5. The number of carbonyl (C=O) groups is 3. The van der Waals surface area contributed by atoms with Gasteiger partial charge >= 0.3 is 17.9 Å². The Morgan fingerprint density at radius 2 is 0.622 bits per heavy atom. The van der Waals surface area contributed by atoms with E-state index in [2.05, 4.69) is 99.0 Å². The van der Waals surface area contributed by atoms with E-state index in [-0.39, 0.29) is 62.1 Å². The van der Waals surface area contributed by atoms with Crippen molar-refractivity contribution in [3.05, 3.63) is 33.4 Å². The van der Waals surface area contributed by atoms with Crippen molar-refractivity contribution in [3.63, 3.8) is 0 Å². The zero-order valence-corrected chi connectivity index (χ0v) is 29.5. The van der Waals surface area contributed by atoms with Gasteiger partial charge in [-0.25, -0.2) is 14.4 Å². The molecule has 0 bridgehead atoms. The summed E-state index contributed by atoms with van der Waals surface area (Å²) in [7, 11) is 0. The van der Waals surface area contributed by atoms with Crippen LogP contribution in [0.1, 0.15) is 187 Å². The second-order valence-corrected chi connectivity index (χ2v) is 18.3. The molecule has 252 valence electrons. The molecule has 1 aromatic carbocycles. The summed E-state index contributed by atoms with van der Waals surface area (Å²) >= 11 is 0. The molecule has 6 N–H and O–H groups in total. The van der Waals surface area contributed by atoms with Crippen LogP contribution in [0.3, 0.4) is 0 Å². The van der Waals surface area contributed by atoms with E-state index >= 15 is 0 Å². The predicted octanol–water partition coefficient (Wildman–Crippen LogP) is 6.85. The molecule has 0 radical (unpaired) electrons. The highest BCUT2D eigenvalue weighted by molar-refractivity contribution is 6.11. The van der Waals surface area contributed by atoms with Gasteiger partial charge in [-0.15, -0.1) is 0 Å². The Hall–Kier alpha value is -2.49. The Morgan fingerprint density at radius 1 is 0.422 bits per heavy atom. The Labute approximate surface area is 269 Å². The molecule has 0 atom stereocenters. The number of nitrogens with one attached hydrogen (secondary N) is 3. The monoisotopic (exact) mass is 627 g/mol. The standard InChI is InChI=1S/C36H57N3O6/c1-31(2)13-19(14-32(3,4)37-31)22-23(20-15-33(5,6)38-34(7,8)16-20)25(28(40)41)27(30(44)45)26(29(42)43)24(22)21-17-35(9,10)39-36(11,12)18-21/h19-21,37-39H,13-18H2,1-12H3,(H,40,41)(H,42,43)(H,44,45). The number of piperidine rings is 3. The van der Waals surface area contributed by atoms with Crippen LogP contribution < -0.4 is 16.0 Å². The Morgan fingerprint density at radius 3 is 0.822 bits per heavy atom. The second kappa shape index (κ2) is 11.1. The molecule has 9 nitrogen and oxygen atoms in total. The molecule has 4 rings (SSSR count). The molecule has 9 heteroatoms. The highest BCUT2D eigenvalue weighted by atomic mass is 16.4. The van der Waals surface area contributed by atoms with Crippen LogP contribution in [0, 0.1) is 0 Å². The summed E-state index contributed by atoms with van der Waals surface area (Å²) in [5, 5.41) is 43.6. The zero-order chi connectivity index (χ0) is 34.3. The van der Waals surface area contributed by atoms with Gasteiger partial charge in [0.25, 0.3) is 0 Å². The number of benzene rings is 1. The highest BCUT2D eigenvalue weighted by Crippen LogP contribution is 2.53. The van der Waals surface area contributed by atoms with Crippen molar-refractivity contribution >= 4 is 17.9 Å². The van der Waals surface area contributed by atoms with E-state index in [9.17, 15) is 29.7 Å². The molecule has 45 heavy (non-hydrogen) atoms. The zero-order valence-electron chi connectivity index (χ0n) is 29.5. The van der Waals surface area contributed by atoms with Gasteiger partial charge < -0.3 is 31.3 Å². The number of aromatic carboxylic acids is 3. The van der Waals surface area contributed by atoms with E-state index in [1.165, 1.54) is 0 Å². The number of hydrogen-bond donors (Lipinski definition) is 6. The van der Waals surface area contributed by atoms with Gasteiger partial charge in [0.2, 0.25) is 0 Å². The van der Waals surface area contributed by atoms with Crippen LogP contribution in [0.2, 0.25) is 0 Å². The third kappa shape index (κ3) is 7.41. The van der Waals surface area contributed by atoms with Crippen LogP contribution in [-0.2, 0) is 0 Å². The molecule has 0 aromatic heterocycles. The summed E-state index contributed by atoms with van der Waals surface area (Å²) < 4.78 is 0. The fourth-order valence-corrected chi connectivity index (χ4v) is 10.3. The maximum atomic E-state index is 13.4. The van der Waals surface area contributed by atoms with Crippen LogP contribution in [0.25, 0.3) is 0 Å². The first-order valence-corrected chi connectivity index (χ1v) is 16.5. The largest absolute Gasteiger partial charge is 0.478 e. The molecule has 0 amide bonds. The average Bonchev–Trinajstić information content (AvgIpc) is 2.75. The lowest BCUT2D eigenvalue weighted by atomic mass is 9.62. The van der Waals surface area contributed by atoms with Gasteiger partial charge in [-0.3, -0.25) is 0 Å². The lowest BCUT2D eigenvalue weighted by molar-refractivity contribution is 0.0627. The van der Waals surface area contributed by atoms with E-state index in [0.29, 0.717) is 49.7 Å². The number of rotatable bonds is 6. The van der Waals surface area contributed by atoms with E-state index in [1.54, 1.807) is 0 Å². The van der Waals surface area contributed by atoms with Crippen molar-refractivity contribution in [3.8, 4) is 0 Å². The van der Waals surface area contributed by atoms with E-state index in [0.717, 1.165) is 5.56 Å². The maximum absolute atomic E-state index is 13.4. The molecular formula is C36H57N3O6. The van der Waals surface area contributed by atoms with Gasteiger partial charge in [-0.2, -0.15) is 0 Å². The van der Waals surface area contributed by atoms with Gasteiger partial charge in [0.05, 0.1) is 16.7 Å². The van der Waals surface area contributed by atoms with Gasteiger partial charge in [0.15, 0.2) is 0 Å². The summed E-state index contributed by atoms with van der Waals surface area (Å²) in [5.41, 5.74) is -1.52. The predicted molar refractivity (Wildman–Crippen MR) is 177 cm³/mol. The lowest BCUT2D eigenvalue weighted by Crippen LogP contribution is -2.59. The summed E-state index contributed by atoms with van der Waals surface area (Å²) in [6.45, 7) is 25.3. The first kappa shape index (κ1) is 35.4. The Balaban J connectivity index is 2.26. The minimum Gasteiger partial charge on any atom is -0.478 e. The normalized spacial score (nSPS) is 25.9. The fraction of sp³-hybridized carbons (Fsp3) is 0.750. The van der Waals surface area contributed by atoms with E-state index in [1.807, 2.05) is 0 Å². The molecule has 0 unspecified atom stereocenters. The van der Waals surface area contributed by atoms with Gasteiger partial charge in [0, 0.05) is 33.2 Å². The van der Waals surface area contributed by atoms with Crippen LogP contribution in [-0.4, -0.2) is 66.5 Å². The fourth-order valence-electron chi connectivity index (χ4n) is 10.3. The van der Waals surface area contributed by atoms with E-state index < -0.39 is 23.5 Å². The molecule has 0 saturated carbocycles. The van der Waals surface area contributed by atoms with Crippen molar-refractivity contribution in [1.82, 2.24) is 16.0 Å². The van der Waals surface area contributed by atoms with Crippen LogP contribution >= 0.6 is 0 Å². The van der Waals surface area contributed by atoms with Crippen LogP contribution in [0.4, 0.5) is 0 Å². The summed E-state index contributed by atoms with van der Waals surface area (Å²) in [6, 6.07) is 0. The van der Waals surface area contributed by atoms with Crippen molar-refractivity contribution < 1.29 is 29.7 Å². The average molecular weight is 628 g/mol. The Bertz CT molecular complexity index is 1280. The summed E-state index contributed by atoms with van der Waals surface area (Å²) in [6.07, 6.45) is 3.70. The molecule has 3 heterocycles. The minimum absolute atomic E-state index is 0.178. The molecule has 1 aromatic rings. The minimum atomic E-state index is -1.51. The molecular weight excluding hydrogens is 570 g/mol. The third-order valence-electron chi connectivity index (χ3n) is 10.1. The smallest absolute Gasteiger partial charge is 0.337 e. The first-order chi connectivity index (χ1) is 20.2. The van der Waals surface area contributed by atoms with Gasteiger partial charge in [-0.1, -0.05) is 0 Å². The van der Waals surface area contributed by atoms with Crippen molar-refractivity contribution in [2.24, 2.45) is 0 Å². The van der Waals surface area contributed by atoms with E-state index in [4.69, 9.17) is 0 Å². The maximum Gasteiger partial charge on any atom is 0.337 e. The van der Waals surface area contributed by atoms with Crippen LogP contribution in [0.15, 0.2) is 0 Å². The van der Waals surface area contributed by atoms with Crippen molar-refractivity contribution in [2.75, 3.05) is 0 Å². The second-order valence-electron chi connectivity index (χ2n) is 18.3. The summed E-state index contributed by atoms with van der Waals surface area (Å²) in [4.78, 5) is 39.9. The van der Waals surface area contributed by atoms with Crippen LogP contribution in [0.5, 0.6) is 0 Å². The lowest BCUT2D eigenvalue weighted by Gasteiger charge is -2.51. The molecule has 3 fully saturated rings. The number of carboxylic acid groups (broad SMARTS) is 3. The number of carboxylic acids is 3. The summed E-state index contributed by atoms with van der Waals surface area (Å²) in [5.74, 6) is -5.04. The molecule has 3 saturated heterocycles. The molecule has 0 spiro atoms. The van der Waals surface area contributed by atoms with Crippen molar-refractivity contribution in [1.29, 1.82) is 0 Å². The van der Waals surface area contributed by atoms with Crippen molar-refractivity contribution in [2.45, 2.75) is 173 Å². The third-order valence-corrected chi connectivity index (χ3v) is 10.1. The molecule has 3 aliphatic rings. The molecule has 0 aliphatic carbocycles. The Kier molecular flexibility index (Phi) is 8.69. The SMILES string of the molecule is CC1(C)CC(c2c(C(=O)O)c(C(=O)O)c(C(=O)O)c(C3CC(C)(C)NC(C)(C)C3)c2C2CC(C)(C)NC(C)(C)C2)CC(C)(C)N1.